The van der Waals surface area contributed by atoms with Crippen molar-refractivity contribution in [2.24, 2.45) is 0 Å². The summed E-state index contributed by atoms with van der Waals surface area (Å²) in [6.07, 6.45) is 6.13. The van der Waals surface area contributed by atoms with Crippen LogP contribution in [-0.4, -0.2) is 36.0 Å². The van der Waals surface area contributed by atoms with Gasteiger partial charge in [0.1, 0.15) is 11.0 Å². The average molecular weight is 458 g/mol. The van der Waals surface area contributed by atoms with E-state index in [2.05, 4.69) is 32.7 Å². The molecule has 1 saturated carbocycles. The fraction of sp³-hybridized carbons (Fsp3) is 0.360. The molecule has 1 fully saturated rings. The first-order valence-electron chi connectivity index (χ1n) is 11.7. The third kappa shape index (κ3) is 3.66. The maximum atomic E-state index is 13.3. The van der Waals surface area contributed by atoms with E-state index < -0.39 is 5.60 Å². The first-order valence-corrected chi connectivity index (χ1v) is 11.7. The molecular weight excluding hydrogens is 430 g/mol. The normalized spacial score (nSPS) is 16.0. The molecule has 0 unspecified atom stereocenters. The average Bonchev–Trinajstić information content (AvgIpc) is 3.62. The van der Waals surface area contributed by atoms with Crippen molar-refractivity contribution in [2.45, 2.75) is 51.3 Å². The van der Waals surface area contributed by atoms with E-state index in [0.717, 1.165) is 43.7 Å². The summed E-state index contributed by atoms with van der Waals surface area (Å²) in [6, 6.07) is 10.1. The molecule has 34 heavy (non-hydrogen) atoms. The Balaban J connectivity index is 1.46. The van der Waals surface area contributed by atoms with Gasteiger partial charge >= 0.3 is 0 Å². The molecule has 0 amide bonds. The highest BCUT2D eigenvalue weighted by Gasteiger charge is 2.31. The lowest BCUT2D eigenvalue weighted by molar-refractivity contribution is 0.0738. The minimum atomic E-state index is -1.10. The van der Waals surface area contributed by atoms with E-state index in [1.165, 1.54) is 11.1 Å². The number of rotatable bonds is 5. The molecule has 9 heteroatoms. The molecule has 174 valence electrons. The maximum absolute atomic E-state index is 13.3. The van der Waals surface area contributed by atoms with Crippen molar-refractivity contribution in [3.8, 4) is 5.69 Å². The van der Waals surface area contributed by atoms with E-state index in [9.17, 15) is 9.90 Å². The van der Waals surface area contributed by atoms with Gasteiger partial charge in [-0.1, -0.05) is 6.07 Å². The minimum Gasteiger partial charge on any atom is -0.384 e. The Hall–Kier alpha value is -3.56. The van der Waals surface area contributed by atoms with Crippen LogP contribution < -0.4 is 16.2 Å². The summed E-state index contributed by atoms with van der Waals surface area (Å²) >= 11 is 0. The lowest BCUT2D eigenvalue weighted by Crippen LogP contribution is -2.23. The van der Waals surface area contributed by atoms with Crippen LogP contribution in [-0.2, 0) is 18.6 Å². The van der Waals surface area contributed by atoms with Gasteiger partial charge in [-0.2, -0.15) is 4.98 Å². The summed E-state index contributed by atoms with van der Waals surface area (Å²) in [5.41, 5.74) is 4.13. The molecule has 6 rings (SSSR count). The third-order valence-electron chi connectivity index (χ3n) is 6.48. The van der Waals surface area contributed by atoms with Crippen molar-refractivity contribution in [2.75, 3.05) is 11.9 Å². The fourth-order valence-electron chi connectivity index (χ4n) is 4.53. The van der Waals surface area contributed by atoms with Crippen LogP contribution in [0.2, 0.25) is 0 Å². The lowest BCUT2D eigenvalue weighted by atomic mass is 10.0. The van der Waals surface area contributed by atoms with Gasteiger partial charge in [-0.15, -0.1) is 0 Å². The van der Waals surface area contributed by atoms with Crippen molar-refractivity contribution >= 4 is 22.7 Å². The highest BCUT2D eigenvalue weighted by Crippen LogP contribution is 2.36. The number of nitrogens with zero attached hydrogens (tertiary/aromatic N) is 5. The monoisotopic (exact) mass is 457 g/mol. The first kappa shape index (κ1) is 21.0. The summed E-state index contributed by atoms with van der Waals surface area (Å²) in [5.74, 6) is 0.430. The third-order valence-corrected chi connectivity index (χ3v) is 6.48. The predicted octanol–water partition coefficient (Wildman–Crippen LogP) is 2.93. The molecule has 1 aromatic carbocycles. The number of hydrogen-bond acceptors (Lipinski definition) is 7. The Labute approximate surface area is 196 Å². The lowest BCUT2D eigenvalue weighted by Gasteiger charge is -2.19. The standard InChI is InChI=1S/C25H27N7O2/c1-25(2,34)21-12-19(8-10-27-21)31-22-20(23(33)32(31)18-5-6-18)14-28-24(30-22)29-17-4-3-16-13-26-9-7-15(16)11-17/h3-4,8,10-12,14,18,26,34H,5-7,9,13H2,1-2H3,(H,28,29,30). The molecule has 0 saturated heterocycles. The molecule has 9 nitrogen and oxygen atoms in total. The summed E-state index contributed by atoms with van der Waals surface area (Å²) in [6.45, 7) is 5.25. The van der Waals surface area contributed by atoms with Crippen molar-refractivity contribution in [1.82, 2.24) is 29.6 Å². The molecule has 1 aliphatic heterocycles. The van der Waals surface area contributed by atoms with E-state index in [-0.39, 0.29) is 11.6 Å². The SMILES string of the molecule is CC(C)(O)c1cc(-n2c3nc(Nc4ccc5c(c4)CCNC5)ncc3c(=O)n2C2CC2)ccn1. The van der Waals surface area contributed by atoms with E-state index in [0.29, 0.717) is 22.7 Å². The summed E-state index contributed by atoms with van der Waals surface area (Å²) in [5, 5.41) is 17.7. The van der Waals surface area contributed by atoms with Crippen molar-refractivity contribution in [1.29, 1.82) is 0 Å². The Bertz CT molecular complexity index is 1460. The summed E-state index contributed by atoms with van der Waals surface area (Å²) < 4.78 is 3.61. The van der Waals surface area contributed by atoms with Gasteiger partial charge in [0, 0.05) is 24.6 Å². The smallest absolute Gasteiger partial charge is 0.278 e. The van der Waals surface area contributed by atoms with Gasteiger partial charge in [0.2, 0.25) is 5.95 Å². The van der Waals surface area contributed by atoms with E-state index >= 15 is 0 Å². The Morgan fingerprint density at radius 1 is 1.15 bits per heavy atom. The fourth-order valence-corrected chi connectivity index (χ4v) is 4.53. The van der Waals surface area contributed by atoms with E-state index in [1.54, 1.807) is 30.9 Å². The molecule has 2 aliphatic rings. The van der Waals surface area contributed by atoms with Gasteiger partial charge < -0.3 is 15.7 Å². The number of anilines is 2. The number of pyridine rings is 1. The molecule has 0 bridgehead atoms. The van der Waals surface area contributed by atoms with E-state index in [1.807, 2.05) is 22.9 Å². The molecule has 0 atom stereocenters. The largest absolute Gasteiger partial charge is 0.384 e. The number of aliphatic hydroxyl groups is 1. The van der Waals surface area contributed by atoms with Crippen LogP contribution in [0, 0.1) is 0 Å². The van der Waals surface area contributed by atoms with Gasteiger partial charge in [-0.3, -0.25) is 9.78 Å². The van der Waals surface area contributed by atoms with Crippen LogP contribution in [0.3, 0.4) is 0 Å². The number of benzene rings is 1. The maximum Gasteiger partial charge on any atom is 0.278 e. The number of nitrogens with one attached hydrogen (secondary N) is 2. The van der Waals surface area contributed by atoms with Gasteiger partial charge in [0.25, 0.3) is 5.56 Å². The topological polar surface area (TPSA) is 110 Å². The molecule has 3 N–H and O–H groups in total. The molecule has 4 heterocycles. The van der Waals surface area contributed by atoms with E-state index in [4.69, 9.17) is 4.98 Å². The van der Waals surface area contributed by atoms with Crippen LogP contribution in [0.5, 0.6) is 0 Å². The molecule has 1 aliphatic carbocycles. The second kappa shape index (κ2) is 7.75. The van der Waals surface area contributed by atoms with Gasteiger partial charge in [-0.25, -0.2) is 14.3 Å². The zero-order valence-electron chi connectivity index (χ0n) is 19.2. The number of fused-ring (bicyclic) bond motifs is 2. The Kier molecular flexibility index (Phi) is 4.79. The van der Waals surface area contributed by atoms with Crippen molar-refractivity contribution in [3.05, 3.63) is 69.9 Å². The summed E-state index contributed by atoms with van der Waals surface area (Å²) in [4.78, 5) is 26.8. The quantitative estimate of drug-likeness (QED) is 0.423. The molecule has 4 aromatic rings. The van der Waals surface area contributed by atoms with Crippen LogP contribution >= 0.6 is 0 Å². The minimum absolute atomic E-state index is 0.105. The molecule has 0 spiro atoms. The first-order chi connectivity index (χ1) is 16.4. The highest BCUT2D eigenvalue weighted by molar-refractivity contribution is 5.77. The van der Waals surface area contributed by atoms with Crippen LogP contribution in [0.1, 0.15) is 49.6 Å². The summed E-state index contributed by atoms with van der Waals surface area (Å²) in [7, 11) is 0. The van der Waals surface area contributed by atoms with Gasteiger partial charge in [0.05, 0.1) is 17.4 Å². The van der Waals surface area contributed by atoms with Crippen LogP contribution in [0.25, 0.3) is 16.7 Å². The molecule has 3 aromatic heterocycles. The predicted molar refractivity (Wildman–Crippen MR) is 130 cm³/mol. The van der Waals surface area contributed by atoms with Gasteiger partial charge in [0.15, 0.2) is 5.65 Å². The Morgan fingerprint density at radius 3 is 2.79 bits per heavy atom. The zero-order chi connectivity index (χ0) is 23.4. The molecular formula is C25H27N7O2. The zero-order valence-corrected chi connectivity index (χ0v) is 19.2. The molecule has 0 radical (unpaired) electrons. The van der Waals surface area contributed by atoms with Crippen molar-refractivity contribution in [3.63, 3.8) is 0 Å². The Morgan fingerprint density at radius 2 is 2.00 bits per heavy atom. The second-order valence-electron chi connectivity index (χ2n) is 9.62. The number of aromatic nitrogens is 5. The second-order valence-corrected chi connectivity index (χ2v) is 9.62. The van der Waals surface area contributed by atoms with Crippen molar-refractivity contribution < 1.29 is 5.11 Å². The highest BCUT2D eigenvalue weighted by atomic mass is 16.3. The number of hydrogen-bond donors (Lipinski definition) is 3. The van der Waals surface area contributed by atoms with Crippen LogP contribution in [0.4, 0.5) is 11.6 Å². The van der Waals surface area contributed by atoms with Crippen LogP contribution in [0.15, 0.2) is 47.5 Å². The van der Waals surface area contributed by atoms with Gasteiger partial charge in [-0.05, 0) is 75.0 Å².